The Kier molecular flexibility index (Phi) is 4.52. The van der Waals surface area contributed by atoms with Crippen LogP contribution in [0, 0.1) is 5.92 Å². The first-order valence-corrected chi connectivity index (χ1v) is 7.25. The Balaban J connectivity index is 2.18. The fourth-order valence-electron chi connectivity index (χ4n) is 2.35. The molecule has 2 unspecified atom stereocenters. The lowest BCUT2D eigenvalue weighted by Gasteiger charge is -2.22. The van der Waals surface area contributed by atoms with Crippen LogP contribution in [0.3, 0.4) is 0 Å². The summed E-state index contributed by atoms with van der Waals surface area (Å²) in [5, 5.41) is 5.07. The minimum absolute atomic E-state index is 0.215. The summed E-state index contributed by atoms with van der Waals surface area (Å²) in [6, 6.07) is 3.37. The molecule has 1 aromatic heterocycles. The average molecular weight is 288 g/mol. The standard InChI is InChI=1S/C13H18F2N2OS/c1-8(2)6-9-13(18)17(7-11(14)15)12(16-9)10-4-3-5-19-10/h3-5,8-9,11-12,16H,6-7H2,1-2H3. The maximum absolute atomic E-state index is 12.6. The summed E-state index contributed by atoms with van der Waals surface area (Å²) in [6.45, 7) is 3.53. The van der Waals surface area contributed by atoms with Crippen LogP contribution in [0.1, 0.15) is 31.3 Å². The Hall–Kier alpha value is -1.01. The quantitative estimate of drug-likeness (QED) is 0.903. The number of hydrogen-bond acceptors (Lipinski definition) is 3. The van der Waals surface area contributed by atoms with Gasteiger partial charge in [0.25, 0.3) is 6.43 Å². The molecule has 0 saturated carbocycles. The Labute approximate surface area is 115 Å². The molecule has 106 valence electrons. The fourth-order valence-corrected chi connectivity index (χ4v) is 3.14. The van der Waals surface area contributed by atoms with Crippen LogP contribution < -0.4 is 5.32 Å². The summed E-state index contributed by atoms with van der Waals surface area (Å²) < 4.78 is 25.3. The number of thiophene rings is 1. The maximum atomic E-state index is 12.6. The number of nitrogens with one attached hydrogen (secondary N) is 1. The van der Waals surface area contributed by atoms with Gasteiger partial charge in [-0.3, -0.25) is 10.1 Å². The molecule has 1 aliphatic heterocycles. The number of halogens is 2. The van der Waals surface area contributed by atoms with Gasteiger partial charge in [0.15, 0.2) is 0 Å². The fraction of sp³-hybridized carbons (Fsp3) is 0.615. The summed E-state index contributed by atoms with van der Waals surface area (Å²) in [5.41, 5.74) is 0. The van der Waals surface area contributed by atoms with Gasteiger partial charge in [-0.15, -0.1) is 11.3 Å². The van der Waals surface area contributed by atoms with Gasteiger partial charge in [-0.1, -0.05) is 19.9 Å². The van der Waals surface area contributed by atoms with Gasteiger partial charge in [0, 0.05) is 4.88 Å². The van der Waals surface area contributed by atoms with Gasteiger partial charge >= 0.3 is 0 Å². The molecule has 0 bridgehead atoms. The van der Waals surface area contributed by atoms with E-state index in [1.165, 1.54) is 16.2 Å². The molecule has 1 saturated heterocycles. The highest BCUT2D eigenvalue weighted by Crippen LogP contribution is 2.30. The van der Waals surface area contributed by atoms with E-state index in [9.17, 15) is 13.6 Å². The summed E-state index contributed by atoms with van der Waals surface area (Å²) in [5.74, 6) is 0.129. The molecule has 1 aromatic rings. The van der Waals surface area contributed by atoms with Crippen molar-refractivity contribution in [2.24, 2.45) is 5.92 Å². The third-order valence-electron chi connectivity index (χ3n) is 3.11. The van der Waals surface area contributed by atoms with E-state index in [4.69, 9.17) is 0 Å². The lowest BCUT2D eigenvalue weighted by atomic mass is 10.0. The van der Waals surface area contributed by atoms with Crippen molar-refractivity contribution < 1.29 is 13.6 Å². The van der Waals surface area contributed by atoms with Gasteiger partial charge in [-0.05, 0) is 23.8 Å². The normalized spacial score (nSPS) is 23.9. The topological polar surface area (TPSA) is 32.3 Å². The van der Waals surface area contributed by atoms with E-state index in [1.54, 1.807) is 0 Å². The van der Waals surface area contributed by atoms with Crippen LogP contribution in [-0.2, 0) is 4.79 Å². The molecule has 1 fully saturated rings. The van der Waals surface area contributed by atoms with Crippen molar-refractivity contribution in [3.8, 4) is 0 Å². The molecule has 3 nitrogen and oxygen atoms in total. The second kappa shape index (κ2) is 5.96. The van der Waals surface area contributed by atoms with Crippen LogP contribution in [0.5, 0.6) is 0 Å². The van der Waals surface area contributed by atoms with Gasteiger partial charge in [0.2, 0.25) is 5.91 Å². The highest BCUT2D eigenvalue weighted by Gasteiger charge is 2.41. The highest BCUT2D eigenvalue weighted by molar-refractivity contribution is 7.10. The zero-order valence-corrected chi connectivity index (χ0v) is 11.8. The van der Waals surface area contributed by atoms with E-state index < -0.39 is 19.1 Å². The van der Waals surface area contributed by atoms with Gasteiger partial charge in [0.1, 0.15) is 6.17 Å². The Morgan fingerprint density at radius 2 is 2.21 bits per heavy atom. The van der Waals surface area contributed by atoms with E-state index >= 15 is 0 Å². The van der Waals surface area contributed by atoms with Gasteiger partial charge in [-0.2, -0.15) is 0 Å². The minimum Gasteiger partial charge on any atom is -0.315 e. The molecule has 0 aromatic carbocycles. The van der Waals surface area contributed by atoms with Crippen molar-refractivity contribution in [2.45, 2.75) is 38.9 Å². The van der Waals surface area contributed by atoms with Gasteiger partial charge < -0.3 is 4.90 Å². The van der Waals surface area contributed by atoms with Crippen LogP contribution in [0.25, 0.3) is 0 Å². The van der Waals surface area contributed by atoms with Crippen LogP contribution in [0.15, 0.2) is 17.5 Å². The zero-order chi connectivity index (χ0) is 14.0. The van der Waals surface area contributed by atoms with Crippen molar-refractivity contribution in [1.82, 2.24) is 10.2 Å². The smallest absolute Gasteiger partial charge is 0.255 e. The Morgan fingerprint density at radius 1 is 1.47 bits per heavy atom. The molecule has 1 amide bonds. The van der Waals surface area contributed by atoms with E-state index in [2.05, 4.69) is 5.32 Å². The zero-order valence-electron chi connectivity index (χ0n) is 11.0. The number of carbonyl (C=O) groups excluding carboxylic acids is 1. The first kappa shape index (κ1) is 14.4. The van der Waals surface area contributed by atoms with Crippen LogP contribution in [-0.4, -0.2) is 29.8 Å². The predicted molar refractivity (Wildman–Crippen MR) is 71.2 cm³/mol. The first-order valence-electron chi connectivity index (χ1n) is 6.37. The minimum atomic E-state index is -2.51. The number of rotatable bonds is 5. The van der Waals surface area contributed by atoms with E-state index in [1.807, 2.05) is 31.4 Å². The molecule has 1 aliphatic rings. The van der Waals surface area contributed by atoms with Crippen LogP contribution in [0.2, 0.25) is 0 Å². The molecule has 0 radical (unpaired) electrons. The molecule has 19 heavy (non-hydrogen) atoms. The van der Waals surface area contributed by atoms with Crippen LogP contribution in [0.4, 0.5) is 8.78 Å². The van der Waals surface area contributed by atoms with E-state index in [-0.39, 0.29) is 11.9 Å². The monoisotopic (exact) mass is 288 g/mol. The van der Waals surface area contributed by atoms with Crippen molar-refractivity contribution in [1.29, 1.82) is 0 Å². The van der Waals surface area contributed by atoms with Crippen molar-refractivity contribution >= 4 is 17.2 Å². The maximum Gasteiger partial charge on any atom is 0.255 e. The Morgan fingerprint density at radius 3 is 2.74 bits per heavy atom. The van der Waals surface area contributed by atoms with Gasteiger partial charge in [-0.25, -0.2) is 8.78 Å². The van der Waals surface area contributed by atoms with E-state index in [0.29, 0.717) is 12.3 Å². The largest absolute Gasteiger partial charge is 0.315 e. The second-order valence-corrected chi connectivity index (χ2v) is 6.13. The number of amides is 1. The first-order chi connectivity index (χ1) is 8.99. The average Bonchev–Trinajstić information content (AvgIpc) is 2.91. The second-order valence-electron chi connectivity index (χ2n) is 5.15. The van der Waals surface area contributed by atoms with Crippen molar-refractivity contribution in [3.05, 3.63) is 22.4 Å². The lowest BCUT2D eigenvalue weighted by molar-refractivity contribution is -0.132. The number of hydrogen-bond donors (Lipinski definition) is 1. The summed E-state index contributed by atoms with van der Waals surface area (Å²) in [7, 11) is 0. The number of alkyl halides is 2. The molecule has 2 heterocycles. The third kappa shape index (κ3) is 3.30. The SMILES string of the molecule is CC(C)CC1NC(c2cccs2)N(CC(F)F)C1=O. The molecular weight excluding hydrogens is 270 g/mol. The molecular formula is C13H18F2N2OS. The van der Waals surface area contributed by atoms with E-state index in [0.717, 1.165) is 4.88 Å². The molecule has 1 N–H and O–H groups in total. The highest BCUT2D eigenvalue weighted by atomic mass is 32.1. The summed E-state index contributed by atoms with van der Waals surface area (Å²) in [6.07, 6.45) is -2.25. The van der Waals surface area contributed by atoms with Gasteiger partial charge in [0.05, 0.1) is 12.6 Å². The number of nitrogens with zero attached hydrogens (tertiary/aromatic N) is 1. The van der Waals surface area contributed by atoms with Crippen LogP contribution >= 0.6 is 11.3 Å². The Bertz CT molecular complexity index is 422. The molecule has 2 atom stereocenters. The number of carbonyl (C=O) groups is 1. The molecule has 2 rings (SSSR count). The molecule has 0 spiro atoms. The third-order valence-corrected chi connectivity index (χ3v) is 4.03. The molecule has 0 aliphatic carbocycles. The van der Waals surface area contributed by atoms with Crippen molar-refractivity contribution in [3.63, 3.8) is 0 Å². The van der Waals surface area contributed by atoms with Crippen molar-refractivity contribution in [2.75, 3.05) is 6.54 Å². The molecule has 6 heteroatoms. The summed E-state index contributed by atoms with van der Waals surface area (Å²) in [4.78, 5) is 14.4. The summed E-state index contributed by atoms with van der Waals surface area (Å²) >= 11 is 1.47. The predicted octanol–water partition coefficient (Wildman–Crippen LogP) is 2.86. The lowest BCUT2D eigenvalue weighted by Crippen LogP contribution is -2.35.